The van der Waals surface area contributed by atoms with Crippen LogP contribution in [0.25, 0.3) is 0 Å². The highest BCUT2D eigenvalue weighted by Crippen LogP contribution is 2.42. The number of fused-ring (bicyclic) bond motifs is 1. The number of benzene rings is 1. The first kappa shape index (κ1) is 16.6. The number of nitrogens with zero attached hydrogens (tertiary/aromatic N) is 1. The minimum absolute atomic E-state index is 0.215. The highest BCUT2D eigenvalue weighted by molar-refractivity contribution is 5.99. The molecule has 1 aromatic carbocycles. The van der Waals surface area contributed by atoms with Crippen molar-refractivity contribution in [2.75, 3.05) is 26.1 Å². The van der Waals surface area contributed by atoms with E-state index in [0.717, 1.165) is 0 Å². The van der Waals surface area contributed by atoms with E-state index in [1.165, 1.54) is 20.4 Å². The predicted molar refractivity (Wildman–Crippen MR) is 85.9 cm³/mol. The third-order valence-electron chi connectivity index (χ3n) is 3.70. The number of aromatic nitrogens is 2. The maximum Gasteiger partial charge on any atom is 0.344 e. The first-order valence-electron chi connectivity index (χ1n) is 7.53. The molecule has 0 radical (unpaired) electrons. The summed E-state index contributed by atoms with van der Waals surface area (Å²) >= 11 is 0. The summed E-state index contributed by atoms with van der Waals surface area (Å²) in [6, 6.07) is 3.37. The standard InChI is InChI=1S/C16H17N3O6/c1-4-24-15(20)9-7-17-19-13(9)18-14-8-5-6-10(22-2)12(23-3)11(8)16(21)25-14/h5-7,14H,4H2,1-3H3,(H2,17,18,19). The second kappa shape index (κ2) is 6.71. The zero-order chi connectivity index (χ0) is 18.0. The van der Waals surface area contributed by atoms with Crippen molar-refractivity contribution in [2.45, 2.75) is 13.2 Å². The van der Waals surface area contributed by atoms with Crippen LogP contribution < -0.4 is 14.8 Å². The molecule has 2 aromatic rings. The molecule has 2 heterocycles. The second-order valence-corrected chi connectivity index (χ2v) is 5.07. The van der Waals surface area contributed by atoms with E-state index in [0.29, 0.717) is 22.9 Å². The first-order valence-corrected chi connectivity index (χ1v) is 7.53. The van der Waals surface area contributed by atoms with Gasteiger partial charge in [0.1, 0.15) is 16.9 Å². The molecule has 1 atom stereocenters. The van der Waals surface area contributed by atoms with Crippen LogP contribution in [0.1, 0.15) is 39.4 Å². The smallest absolute Gasteiger partial charge is 0.344 e. The van der Waals surface area contributed by atoms with Crippen LogP contribution in [0.15, 0.2) is 18.3 Å². The molecule has 0 saturated heterocycles. The highest BCUT2D eigenvalue weighted by Gasteiger charge is 2.36. The molecule has 0 bridgehead atoms. The molecular formula is C16H17N3O6. The maximum atomic E-state index is 12.3. The molecule has 1 unspecified atom stereocenters. The van der Waals surface area contributed by atoms with E-state index >= 15 is 0 Å². The number of methoxy groups -OCH3 is 2. The van der Waals surface area contributed by atoms with Crippen LogP contribution in [-0.4, -0.2) is 43.0 Å². The summed E-state index contributed by atoms with van der Waals surface area (Å²) < 4.78 is 20.8. The van der Waals surface area contributed by atoms with E-state index in [4.69, 9.17) is 18.9 Å². The number of H-pyrrole nitrogens is 1. The van der Waals surface area contributed by atoms with Gasteiger partial charge in [0.2, 0.25) is 6.23 Å². The number of nitrogens with one attached hydrogen (secondary N) is 2. The van der Waals surface area contributed by atoms with Crippen molar-refractivity contribution in [3.63, 3.8) is 0 Å². The lowest BCUT2D eigenvalue weighted by Gasteiger charge is -2.14. The Kier molecular flexibility index (Phi) is 4.46. The lowest BCUT2D eigenvalue weighted by atomic mass is 10.1. The summed E-state index contributed by atoms with van der Waals surface area (Å²) in [6.45, 7) is 1.95. The molecule has 0 spiro atoms. The van der Waals surface area contributed by atoms with Crippen molar-refractivity contribution < 1.29 is 28.5 Å². The second-order valence-electron chi connectivity index (χ2n) is 5.07. The van der Waals surface area contributed by atoms with E-state index < -0.39 is 18.2 Å². The third kappa shape index (κ3) is 2.84. The van der Waals surface area contributed by atoms with Crippen LogP contribution in [0.2, 0.25) is 0 Å². The Balaban J connectivity index is 1.93. The van der Waals surface area contributed by atoms with Gasteiger partial charge >= 0.3 is 11.9 Å². The normalized spacial score (nSPS) is 15.3. The van der Waals surface area contributed by atoms with Crippen LogP contribution in [0.5, 0.6) is 11.5 Å². The zero-order valence-corrected chi connectivity index (χ0v) is 13.9. The van der Waals surface area contributed by atoms with Gasteiger partial charge in [0.15, 0.2) is 11.5 Å². The molecule has 0 fully saturated rings. The summed E-state index contributed by atoms with van der Waals surface area (Å²) in [7, 11) is 2.93. The molecule has 9 heteroatoms. The van der Waals surface area contributed by atoms with Crippen LogP contribution in [0.4, 0.5) is 5.82 Å². The molecule has 1 aromatic heterocycles. The van der Waals surface area contributed by atoms with Gasteiger partial charge in [-0.2, -0.15) is 5.10 Å². The quantitative estimate of drug-likeness (QED) is 0.762. The van der Waals surface area contributed by atoms with Crippen molar-refractivity contribution >= 4 is 17.8 Å². The van der Waals surface area contributed by atoms with Gasteiger partial charge in [0, 0.05) is 5.56 Å². The first-order chi connectivity index (χ1) is 12.1. The van der Waals surface area contributed by atoms with Crippen molar-refractivity contribution in [2.24, 2.45) is 0 Å². The van der Waals surface area contributed by atoms with E-state index in [2.05, 4.69) is 15.5 Å². The average Bonchev–Trinajstić information content (AvgIpc) is 3.19. The van der Waals surface area contributed by atoms with E-state index in [9.17, 15) is 9.59 Å². The van der Waals surface area contributed by atoms with E-state index in [1.54, 1.807) is 19.1 Å². The summed E-state index contributed by atoms with van der Waals surface area (Å²) in [4.78, 5) is 24.2. The van der Waals surface area contributed by atoms with Gasteiger partial charge in [-0.25, -0.2) is 9.59 Å². The molecule has 132 valence electrons. The molecule has 0 amide bonds. The number of aromatic amines is 1. The number of carbonyl (C=O) groups is 2. The fourth-order valence-electron chi connectivity index (χ4n) is 2.60. The number of esters is 2. The number of anilines is 1. The fourth-order valence-corrected chi connectivity index (χ4v) is 2.60. The molecule has 0 saturated carbocycles. The van der Waals surface area contributed by atoms with Crippen LogP contribution in [0, 0.1) is 0 Å². The molecular weight excluding hydrogens is 330 g/mol. The Morgan fingerprint density at radius 2 is 2.16 bits per heavy atom. The largest absolute Gasteiger partial charge is 0.493 e. The number of cyclic esters (lactones) is 1. The Morgan fingerprint density at radius 1 is 1.36 bits per heavy atom. The average molecular weight is 347 g/mol. The highest BCUT2D eigenvalue weighted by atomic mass is 16.6. The van der Waals surface area contributed by atoms with Crippen molar-refractivity contribution in [3.05, 3.63) is 35.0 Å². The van der Waals surface area contributed by atoms with Crippen molar-refractivity contribution in [1.29, 1.82) is 0 Å². The molecule has 3 rings (SSSR count). The zero-order valence-electron chi connectivity index (χ0n) is 13.9. The molecule has 1 aliphatic heterocycles. The van der Waals surface area contributed by atoms with Crippen molar-refractivity contribution in [1.82, 2.24) is 10.2 Å². The summed E-state index contributed by atoms with van der Waals surface area (Å²) in [5, 5.41) is 9.44. The number of hydrogen-bond donors (Lipinski definition) is 2. The number of hydrogen-bond acceptors (Lipinski definition) is 8. The lowest BCUT2D eigenvalue weighted by molar-refractivity contribution is 0.0434. The third-order valence-corrected chi connectivity index (χ3v) is 3.70. The number of rotatable bonds is 6. The van der Waals surface area contributed by atoms with Gasteiger partial charge in [0.25, 0.3) is 0 Å². The van der Waals surface area contributed by atoms with Crippen LogP contribution in [0.3, 0.4) is 0 Å². The van der Waals surface area contributed by atoms with E-state index in [1.807, 2.05) is 0 Å². The topological polar surface area (TPSA) is 112 Å². The molecule has 1 aliphatic rings. The van der Waals surface area contributed by atoms with Gasteiger partial charge in [-0.05, 0) is 19.1 Å². The van der Waals surface area contributed by atoms with Gasteiger partial charge in [0.05, 0.1) is 27.0 Å². The predicted octanol–water partition coefficient (Wildman–Crippen LogP) is 1.88. The van der Waals surface area contributed by atoms with Gasteiger partial charge in [-0.1, -0.05) is 0 Å². The Morgan fingerprint density at radius 3 is 2.84 bits per heavy atom. The monoisotopic (exact) mass is 347 g/mol. The van der Waals surface area contributed by atoms with Crippen molar-refractivity contribution in [3.8, 4) is 11.5 Å². The van der Waals surface area contributed by atoms with Crippen LogP contribution >= 0.6 is 0 Å². The fraction of sp³-hybridized carbons (Fsp3) is 0.312. The molecule has 0 aliphatic carbocycles. The number of ether oxygens (including phenoxy) is 4. The SMILES string of the molecule is CCOC(=O)c1cn[nH]c1NC1OC(=O)c2c1ccc(OC)c2OC. The Labute approximate surface area is 143 Å². The molecule has 2 N–H and O–H groups in total. The Bertz CT molecular complexity index is 816. The molecule has 25 heavy (non-hydrogen) atoms. The Hall–Kier alpha value is -3.23. The minimum Gasteiger partial charge on any atom is -0.493 e. The summed E-state index contributed by atoms with van der Waals surface area (Å²) in [5.41, 5.74) is 1.05. The molecule has 9 nitrogen and oxygen atoms in total. The summed E-state index contributed by atoms with van der Waals surface area (Å²) in [6.07, 6.45) is 0.531. The van der Waals surface area contributed by atoms with Gasteiger partial charge < -0.3 is 24.3 Å². The summed E-state index contributed by atoms with van der Waals surface area (Å²) in [5.74, 6) is -0.0768. The van der Waals surface area contributed by atoms with Gasteiger partial charge in [-0.3, -0.25) is 5.10 Å². The van der Waals surface area contributed by atoms with E-state index in [-0.39, 0.29) is 17.7 Å². The van der Waals surface area contributed by atoms with Crippen LogP contribution in [-0.2, 0) is 9.47 Å². The van der Waals surface area contributed by atoms with Gasteiger partial charge in [-0.15, -0.1) is 0 Å². The lowest BCUT2D eigenvalue weighted by Crippen LogP contribution is -2.14. The maximum absolute atomic E-state index is 12.3. The number of carbonyl (C=O) groups excluding carboxylic acids is 2. The minimum atomic E-state index is -0.809.